The second-order valence-corrected chi connectivity index (χ2v) is 3.78. The maximum absolute atomic E-state index is 11.7. The average Bonchev–Trinajstić information content (AvgIpc) is 2.61. The van der Waals surface area contributed by atoms with Gasteiger partial charge in [-0.2, -0.15) is 0 Å². The zero-order valence-electron chi connectivity index (χ0n) is 9.77. The third kappa shape index (κ3) is 2.06. The van der Waals surface area contributed by atoms with Crippen molar-refractivity contribution in [2.24, 2.45) is 7.05 Å². The summed E-state index contributed by atoms with van der Waals surface area (Å²) in [7, 11) is 1.63. The molecule has 0 bridgehead atoms. The van der Waals surface area contributed by atoms with E-state index >= 15 is 0 Å². The topological polar surface area (TPSA) is 52.2 Å². The van der Waals surface area contributed by atoms with E-state index in [0.29, 0.717) is 16.7 Å². The summed E-state index contributed by atoms with van der Waals surface area (Å²) < 4.78 is 6.43. The van der Waals surface area contributed by atoms with E-state index in [1.165, 1.54) is 10.6 Å². The van der Waals surface area contributed by atoms with Crippen molar-refractivity contribution >= 4 is 16.9 Å². The lowest BCUT2D eigenvalue weighted by Crippen LogP contribution is -2.08. The predicted molar refractivity (Wildman–Crippen MR) is 65.2 cm³/mol. The Balaban J connectivity index is 2.48. The Morgan fingerprint density at radius 3 is 2.94 bits per heavy atom. The van der Waals surface area contributed by atoms with Crippen molar-refractivity contribution in [3.8, 4) is 0 Å². The van der Waals surface area contributed by atoms with Gasteiger partial charge >= 0.3 is 5.76 Å². The summed E-state index contributed by atoms with van der Waals surface area (Å²) in [5.74, 6) is -0.506. The Morgan fingerprint density at radius 2 is 2.24 bits per heavy atom. The second-order valence-electron chi connectivity index (χ2n) is 3.78. The van der Waals surface area contributed by atoms with Crippen LogP contribution in [0.4, 0.5) is 0 Å². The molecule has 1 aromatic heterocycles. The SMILES string of the molecule is CCC=CC(=O)c1ccc2c(c1)oc(=O)n2C. The average molecular weight is 231 g/mol. The van der Waals surface area contributed by atoms with E-state index < -0.39 is 5.76 Å². The van der Waals surface area contributed by atoms with Crippen LogP contribution < -0.4 is 5.76 Å². The Bertz CT molecular complexity index is 646. The number of oxazole rings is 1. The molecule has 0 radical (unpaired) electrons. The van der Waals surface area contributed by atoms with E-state index in [1.54, 1.807) is 31.3 Å². The number of carbonyl (C=O) groups excluding carboxylic acids is 1. The molecule has 2 rings (SSSR count). The number of hydrogen-bond acceptors (Lipinski definition) is 3. The van der Waals surface area contributed by atoms with Crippen LogP contribution in [-0.2, 0) is 7.05 Å². The number of rotatable bonds is 3. The van der Waals surface area contributed by atoms with Crippen molar-refractivity contribution < 1.29 is 9.21 Å². The Hall–Kier alpha value is -2.10. The molecule has 0 saturated heterocycles. The third-order valence-corrected chi connectivity index (χ3v) is 2.58. The van der Waals surface area contributed by atoms with Gasteiger partial charge in [-0.15, -0.1) is 0 Å². The highest BCUT2D eigenvalue weighted by Crippen LogP contribution is 2.15. The molecule has 0 unspecified atom stereocenters. The summed E-state index contributed by atoms with van der Waals surface area (Å²) in [6, 6.07) is 5.01. The highest BCUT2D eigenvalue weighted by molar-refractivity contribution is 6.06. The first kappa shape index (κ1) is 11.4. The molecular formula is C13H13NO3. The first-order chi connectivity index (χ1) is 8.13. The highest BCUT2D eigenvalue weighted by atomic mass is 16.4. The smallest absolute Gasteiger partial charge is 0.408 e. The van der Waals surface area contributed by atoms with E-state index in [9.17, 15) is 9.59 Å². The van der Waals surface area contributed by atoms with Gasteiger partial charge in [0.2, 0.25) is 0 Å². The van der Waals surface area contributed by atoms with Crippen LogP contribution in [0.15, 0.2) is 39.6 Å². The lowest BCUT2D eigenvalue weighted by atomic mass is 10.1. The van der Waals surface area contributed by atoms with E-state index in [-0.39, 0.29) is 5.78 Å². The van der Waals surface area contributed by atoms with E-state index in [4.69, 9.17) is 4.42 Å². The first-order valence-electron chi connectivity index (χ1n) is 5.44. The molecule has 0 fully saturated rings. The fourth-order valence-electron chi connectivity index (χ4n) is 1.61. The molecule has 88 valence electrons. The van der Waals surface area contributed by atoms with Gasteiger partial charge in [-0.25, -0.2) is 4.79 Å². The zero-order valence-corrected chi connectivity index (χ0v) is 9.77. The minimum Gasteiger partial charge on any atom is -0.408 e. The molecule has 0 atom stereocenters. The van der Waals surface area contributed by atoms with Crippen LogP contribution in [0, 0.1) is 0 Å². The molecule has 0 aliphatic carbocycles. The number of allylic oxidation sites excluding steroid dienone is 2. The van der Waals surface area contributed by atoms with Crippen molar-refractivity contribution in [3.63, 3.8) is 0 Å². The standard InChI is InChI=1S/C13H13NO3/c1-3-4-5-11(15)9-6-7-10-12(8-9)17-13(16)14(10)2/h4-8H,3H2,1-2H3. The summed E-state index contributed by atoms with van der Waals surface area (Å²) in [5.41, 5.74) is 1.65. The van der Waals surface area contributed by atoms with Crippen molar-refractivity contribution in [2.75, 3.05) is 0 Å². The number of benzene rings is 1. The largest absolute Gasteiger partial charge is 0.419 e. The third-order valence-electron chi connectivity index (χ3n) is 2.58. The zero-order chi connectivity index (χ0) is 12.4. The molecule has 0 aliphatic rings. The van der Waals surface area contributed by atoms with Crippen molar-refractivity contribution in [3.05, 3.63) is 46.5 Å². The molecule has 0 spiro atoms. The van der Waals surface area contributed by atoms with Gasteiger partial charge in [0.25, 0.3) is 0 Å². The van der Waals surface area contributed by atoms with Gasteiger partial charge in [-0.1, -0.05) is 13.0 Å². The molecule has 0 amide bonds. The van der Waals surface area contributed by atoms with E-state index in [1.807, 2.05) is 6.92 Å². The van der Waals surface area contributed by atoms with Crippen LogP contribution in [0.1, 0.15) is 23.7 Å². The van der Waals surface area contributed by atoms with Crippen LogP contribution in [0.2, 0.25) is 0 Å². The molecule has 4 heteroatoms. The van der Waals surface area contributed by atoms with Gasteiger partial charge in [-0.3, -0.25) is 9.36 Å². The van der Waals surface area contributed by atoms with Gasteiger partial charge in [-0.05, 0) is 30.7 Å². The highest BCUT2D eigenvalue weighted by Gasteiger charge is 2.08. The van der Waals surface area contributed by atoms with E-state index in [2.05, 4.69) is 0 Å². The first-order valence-corrected chi connectivity index (χ1v) is 5.44. The number of ketones is 1. The van der Waals surface area contributed by atoms with Gasteiger partial charge in [0.05, 0.1) is 5.52 Å². The molecule has 17 heavy (non-hydrogen) atoms. The van der Waals surface area contributed by atoms with Gasteiger partial charge in [0.1, 0.15) is 0 Å². The summed E-state index contributed by atoms with van der Waals surface area (Å²) in [4.78, 5) is 23.0. The molecule has 0 N–H and O–H groups in total. The number of aromatic nitrogens is 1. The molecular weight excluding hydrogens is 218 g/mol. The molecule has 1 heterocycles. The van der Waals surface area contributed by atoms with Crippen LogP contribution >= 0.6 is 0 Å². The van der Waals surface area contributed by atoms with Gasteiger partial charge < -0.3 is 4.42 Å². The van der Waals surface area contributed by atoms with Crippen molar-refractivity contribution in [1.29, 1.82) is 0 Å². The maximum atomic E-state index is 11.7. The number of fused-ring (bicyclic) bond motifs is 1. The van der Waals surface area contributed by atoms with Crippen molar-refractivity contribution in [2.45, 2.75) is 13.3 Å². The number of aryl methyl sites for hydroxylation is 1. The molecule has 0 saturated carbocycles. The van der Waals surface area contributed by atoms with Gasteiger partial charge in [0, 0.05) is 12.6 Å². The summed E-state index contributed by atoms with van der Waals surface area (Å²) in [5, 5.41) is 0. The maximum Gasteiger partial charge on any atom is 0.419 e. The Kier molecular flexibility index (Phi) is 2.95. The fourth-order valence-corrected chi connectivity index (χ4v) is 1.61. The van der Waals surface area contributed by atoms with E-state index in [0.717, 1.165) is 6.42 Å². The second kappa shape index (κ2) is 4.41. The summed E-state index contributed by atoms with van der Waals surface area (Å²) >= 11 is 0. The van der Waals surface area contributed by atoms with Gasteiger partial charge in [0.15, 0.2) is 11.4 Å². The monoisotopic (exact) mass is 231 g/mol. The van der Waals surface area contributed by atoms with Crippen molar-refractivity contribution in [1.82, 2.24) is 4.57 Å². The lowest BCUT2D eigenvalue weighted by Gasteiger charge is -1.96. The quantitative estimate of drug-likeness (QED) is 0.601. The number of nitrogens with zero attached hydrogens (tertiary/aromatic N) is 1. The molecule has 1 aromatic carbocycles. The fraction of sp³-hybridized carbons (Fsp3) is 0.231. The molecule has 0 aliphatic heterocycles. The normalized spacial score (nSPS) is 11.4. The Morgan fingerprint density at radius 1 is 1.47 bits per heavy atom. The Labute approximate surface area is 98.2 Å². The summed E-state index contributed by atoms with van der Waals surface area (Å²) in [6.45, 7) is 1.96. The lowest BCUT2D eigenvalue weighted by molar-refractivity contribution is 0.104. The number of carbonyl (C=O) groups is 1. The minimum absolute atomic E-state index is 0.0831. The minimum atomic E-state index is -0.423. The van der Waals surface area contributed by atoms with Crippen LogP contribution in [0.3, 0.4) is 0 Å². The molecule has 4 nitrogen and oxygen atoms in total. The molecule has 2 aromatic rings. The number of hydrogen-bond donors (Lipinski definition) is 0. The van der Waals surface area contributed by atoms with Crippen LogP contribution in [0.5, 0.6) is 0 Å². The van der Waals surface area contributed by atoms with Crippen LogP contribution in [-0.4, -0.2) is 10.4 Å². The summed E-state index contributed by atoms with van der Waals surface area (Å²) in [6.07, 6.45) is 4.14. The van der Waals surface area contributed by atoms with Crippen LogP contribution in [0.25, 0.3) is 11.1 Å². The predicted octanol–water partition coefficient (Wildman–Crippen LogP) is 2.28.